The Balaban J connectivity index is 2.01. The van der Waals surface area contributed by atoms with E-state index in [0.717, 1.165) is 19.3 Å². The number of methoxy groups -OCH3 is 1. The highest BCUT2D eigenvalue weighted by atomic mass is 16.6. The van der Waals surface area contributed by atoms with Crippen LogP contribution >= 0.6 is 0 Å². The zero-order valence-corrected chi connectivity index (χ0v) is 10.3. The number of hydrogen-bond donors (Lipinski definition) is 0. The quantitative estimate of drug-likeness (QED) is 0.769. The molecule has 0 radical (unpaired) electrons. The van der Waals surface area contributed by atoms with E-state index in [4.69, 9.17) is 9.47 Å². The third kappa shape index (κ3) is 2.70. The lowest BCUT2D eigenvalue weighted by atomic mass is 10.1. The zero-order valence-electron chi connectivity index (χ0n) is 10.3. The van der Waals surface area contributed by atoms with Crippen molar-refractivity contribution in [2.45, 2.75) is 25.4 Å². The fourth-order valence-corrected chi connectivity index (χ4v) is 2.27. The number of ether oxygens (including phenoxy) is 2. The van der Waals surface area contributed by atoms with Crippen molar-refractivity contribution in [3.05, 3.63) is 35.9 Å². The number of benzene rings is 1. The maximum atomic E-state index is 11.9. The SMILES string of the molecule is COC(=O)C1CCCC1OC(=O)c1ccccc1. The van der Waals surface area contributed by atoms with E-state index in [1.807, 2.05) is 6.07 Å². The Hall–Kier alpha value is -1.84. The van der Waals surface area contributed by atoms with E-state index >= 15 is 0 Å². The molecule has 0 aromatic heterocycles. The number of rotatable bonds is 3. The maximum absolute atomic E-state index is 11.9. The Kier molecular flexibility index (Phi) is 3.97. The van der Waals surface area contributed by atoms with Crippen LogP contribution in [0.1, 0.15) is 29.6 Å². The van der Waals surface area contributed by atoms with E-state index in [0.29, 0.717) is 5.56 Å². The molecule has 1 aliphatic carbocycles. The van der Waals surface area contributed by atoms with Crippen molar-refractivity contribution in [3.63, 3.8) is 0 Å². The molecule has 2 atom stereocenters. The van der Waals surface area contributed by atoms with Crippen LogP contribution < -0.4 is 0 Å². The lowest BCUT2D eigenvalue weighted by Crippen LogP contribution is -2.29. The highest BCUT2D eigenvalue weighted by Gasteiger charge is 2.36. The summed E-state index contributed by atoms with van der Waals surface area (Å²) in [5.74, 6) is -0.988. The summed E-state index contributed by atoms with van der Waals surface area (Å²) in [6.45, 7) is 0. The van der Waals surface area contributed by atoms with Gasteiger partial charge in [-0.1, -0.05) is 18.2 Å². The largest absolute Gasteiger partial charge is 0.469 e. The first kappa shape index (κ1) is 12.6. The molecule has 2 rings (SSSR count). The topological polar surface area (TPSA) is 52.6 Å². The first-order chi connectivity index (χ1) is 8.72. The van der Waals surface area contributed by atoms with Gasteiger partial charge in [0.05, 0.1) is 18.6 Å². The molecule has 1 aromatic carbocycles. The second-order valence-corrected chi connectivity index (χ2v) is 4.37. The average Bonchev–Trinajstić information content (AvgIpc) is 2.87. The monoisotopic (exact) mass is 248 g/mol. The highest BCUT2D eigenvalue weighted by Crippen LogP contribution is 2.29. The highest BCUT2D eigenvalue weighted by molar-refractivity contribution is 5.89. The van der Waals surface area contributed by atoms with Gasteiger partial charge in [0.15, 0.2) is 0 Å². The molecule has 4 heteroatoms. The fraction of sp³-hybridized carbons (Fsp3) is 0.429. The van der Waals surface area contributed by atoms with Crippen LogP contribution in [0.4, 0.5) is 0 Å². The van der Waals surface area contributed by atoms with Crippen LogP contribution in [-0.4, -0.2) is 25.2 Å². The Bertz CT molecular complexity index is 427. The number of carbonyl (C=O) groups is 2. The first-order valence-electron chi connectivity index (χ1n) is 6.06. The predicted molar refractivity (Wildman–Crippen MR) is 65.0 cm³/mol. The molecule has 96 valence electrons. The van der Waals surface area contributed by atoms with Crippen LogP contribution in [0.25, 0.3) is 0 Å². The van der Waals surface area contributed by atoms with Crippen molar-refractivity contribution >= 4 is 11.9 Å². The van der Waals surface area contributed by atoms with E-state index in [9.17, 15) is 9.59 Å². The third-order valence-electron chi connectivity index (χ3n) is 3.22. The molecule has 4 nitrogen and oxygen atoms in total. The Morgan fingerprint density at radius 1 is 1.17 bits per heavy atom. The number of esters is 2. The van der Waals surface area contributed by atoms with Gasteiger partial charge in [-0.25, -0.2) is 4.79 Å². The van der Waals surface area contributed by atoms with E-state index in [1.54, 1.807) is 24.3 Å². The minimum atomic E-state index is -0.378. The van der Waals surface area contributed by atoms with Gasteiger partial charge in [-0.05, 0) is 31.4 Å². The van der Waals surface area contributed by atoms with Crippen molar-refractivity contribution in [2.24, 2.45) is 5.92 Å². The summed E-state index contributed by atoms with van der Waals surface area (Å²) in [5, 5.41) is 0. The van der Waals surface area contributed by atoms with Crippen molar-refractivity contribution in [3.8, 4) is 0 Å². The minimum absolute atomic E-state index is 0.293. The predicted octanol–water partition coefficient (Wildman–Crippen LogP) is 2.19. The third-order valence-corrected chi connectivity index (χ3v) is 3.22. The second kappa shape index (κ2) is 5.67. The van der Waals surface area contributed by atoms with Crippen LogP contribution in [0.3, 0.4) is 0 Å². The van der Waals surface area contributed by atoms with Crippen LogP contribution in [-0.2, 0) is 14.3 Å². The van der Waals surface area contributed by atoms with Crippen molar-refractivity contribution in [1.29, 1.82) is 0 Å². The molecular weight excluding hydrogens is 232 g/mol. The molecule has 0 spiro atoms. The summed E-state index contributed by atoms with van der Waals surface area (Å²) in [6.07, 6.45) is 1.97. The van der Waals surface area contributed by atoms with Crippen LogP contribution in [0.5, 0.6) is 0 Å². The number of carbonyl (C=O) groups excluding carboxylic acids is 2. The molecule has 1 fully saturated rings. The molecular formula is C14H16O4. The summed E-state index contributed by atoms with van der Waals surface area (Å²) < 4.78 is 10.1. The Morgan fingerprint density at radius 2 is 1.89 bits per heavy atom. The summed E-state index contributed by atoms with van der Waals surface area (Å²) in [4.78, 5) is 23.4. The first-order valence-corrected chi connectivity index (χ1v) is 6.06. The molecule has 0 heterocycles. The summed E-state index contributed by atoms with van der Waals surface area (Å²) in [6, 6.07) is 8.80. The van der Waals surface area contributed by atoms with Gasteiger partial charge in [0.25, 0.3) is 0 Å². The summed E-state index contributed by atoms with van der Waals surface area (Å²) >= 11 is 0. The standard InChI is InChI=1S/C14H16O4/c1-17-14(16)11-8-5-9-12(11)18-13(15)10-6-3-2-4-7-10/h2-4,6-7,11-12H,5,8-9H2,1H3. The molecule has 0 amide bonds. The van der Waals surface area contributed by atoms with Gasteiger partial charge in [-0.2, -0.15) is 0 Å². The van der Waals surface area contributed by atoms with Gasteiger partial charge in [0.1, 0.15) is 6.10 Å². The van der Waals surface area contributed by atoms with E-state index in [-0.39, 0.29) is 24.0 Å². The zero-order chi connectivity index (χ0) is 13.0. The molecule has 1 aromatic rings. The molecule has 0 bridgehead atoms. The fourth-order valence-electron chi connectivity index (χ4n) is 2.27. The normalized spacial score (nSPS) is 22.5. The molecule has 2 unspecified atom stereocenters. The lowest BCUT2D eigenvalue weighted by Gasteiger charge is -2.18. The summed E-state index contributed by atoms with van der Waals surface area (Å²) in [5.41, 5.74) is 0.507. The van der Waals surface area contributed by atoms with E-state index in [1.165, 1.54) is 7.11 Å². The summed E-state index contributed by atoms with van der Waals surface area (Å²) in [7, 11) is 1.36. The van der Waals surface area contributed by atoms with E-state index in [2.05, 4.69) is 0 Å². The maximum Gasteiger partial charge on any atom is 0.338 e. The van der Waals surface area contributed by atoms with Crippen molar-refractivity contribution in [1.82, 2.24) is 0 Å². The van der Waals surface area contributed by atoms with Gasteiger partial charge in [-0.15, -0.1) is 0 Å². The minimum Gasteiger partial charge on any atom is -0.469 e. The van der Waals surface area contributed by atoms with Gasteiger partial charge in [0, 0.05) is 0 Å². The average molecular weight is 248 g/mol. The second-order valence-electron chi connectivity index (χ2n) is 4.37. The van der Waals surface area contributed by atoms with Gasteiger partial charge < -0.3 is 9.47 Å². The van der Waals surface area contributed by atoms with E-state index < -0.39 is 0 Å². The molecule has 1 saturated carbocycles. The Labute approximate surface area is 106 Å². The van der Waals surface area contributed by atoms with Crippen LogP contribution in [0, 0.1) is 5.92 Å². The van der Waals surface area contributed by atoms with Crippen molar-refractivity contribution in [2.75, 3.05) is 7.11 Å². The van der Waals surface area contributed by atoms with Crippen LogP contribution in [0.15, 0.2) is 30.3 Å². The van der Waals surface area contributed by atoms with Gasteiger partial charge in [0.2, 0.25) is 0 Å². The lowest BCUT2D eigenvalue weighted by molar-refractivity contribution is -0.148. The van der Waals surface area contributed by atoms with Crippen molar-refractivity contribution < 1.29 is 19.1 Å². The number of hydrogen-bond acceptors (Lipinski definition) is 4. The van der Waals surface area contributed by atoms with Crippen LogP contribution in [0.2, 0.25) is 0 Å². The molecule has 1 aliphatic rings. The molecule has 0 aliphatic heterocycles. The van der Waals surface area contributed by atoms with Gasteiger partial charge >= 0.3 is 11.9 Å². The molecule has 0 N–H and O–H groups in total. The smallest absolute Gasteiger partial charge is 0.338 e. The molecule has 18 heavy (non-hydrogen) atoms. The Morgan fingerprint density at radius 3 is 2.56 bits per heavy atom. The van der Waals surface area contributed by atoms with Gasteiger partial charge in [-0.3, -0.25) is 4.79 Å². The molecule has 0 saturated heterocycles.